The summed E-state index contributed by atoms with van der Waals surface area (Å²) in [6.07, 6.45) is 9.93. The number of nitrogens with one attached hydrogen (secondary N) is 1. The Kier molecular flexibility index (Phi) is 7.89. The third-order valence-corrected chi connectivity index (χ3v) is 4.68. The summed E-state index contributed by atoms with van der Waals surface area (Å²) in [7, 11) is 0. The fourth-order valence-corrected chi connectivity index (χ4v) is 3.04. The maximum absolute atomic E-state index is 14.7. The van der Waals surface area contributed by atoms with E-state index in [-0.39, 0.29) is 23.9 Å². The number of ether oxygens (including phenoxy) is 1. The molecule has 0 aliphatic carbocycles. The fourth-order valence-electron chi connectivity index (χ4n) is 3.04. The Bertz CT molecular complexity index is 1020. The van der Waals surface area contributed by atoms with Gasteiger partial charge in [-0.25, -0.2) is 9.37 Å². The van der Waals surface area contributed by atoms with E-state index in [2.05, 4.69) is 21.4 Å². The van der Waals surface area contributed by atoms with Crippen molar-refractivity contribution in [3.63, 3.8) is 0 Å². The van der Waals surface area contributed by atoms with Crippen LogP contribution in [0.25, 0.3) is 11.0 Å². The van der Waals surface area contributed by atoms with Gasteiger partial charge in [-0.2, -0.15) is 0 Å². The van der Waals surface area contributed by atoms with E-state index in [4.69, 9.17) is 4.74 Å². The second kappa shape index (κ2) is 11.0. The molecule has 1 amide bonds. The summed E-state index contributed by atoms with van der Waals surface area (Å²) >= 11 is 0. The molecule has 0 fully saturated rings. The number of pyridine rings is 2. The summed E-state index contributed by atoms with van der Waals surface area (Å²) in [6, 6.07) is 11.9. The van der Waals surface area contributed by atoms with Crippen LogP contribution >= 0.6 is 0 Å². The van der Waals surface area contributed by atoms with Crippen LogP contribution in [0.2, 0.25) is 0 Å². The lowest BCUT2D eigenvalue weighted by atomic mass is 10.2. The molecule has 0 aliphatic heterocycles. The molecule has 0 spiro atoms. The molecule has 0 bridgehead atoms. The number of fused-ring (bicyclic) bond motifs is 1. The topological polar surface area (TPSA) is 64.1 Å². The van der Waals surface area contributed by atoms with Gasteiger partial charge in [-0.05, 0) is 62.9 Å². The van der Waals surface area contributed by atoms with Gasteiger partial charge in [-0.1, -0.05) is 24.3 Å². The molecular weight excluding hydrogens is 381 g/mol. The van der Waals surface area contributed by atoms with Gasteiger partial charge in [0.2, 0.25) is 0 Å². The SMILES string of the molecule is CC=CCCCCCOc1cccc(CNC(=O)c2ccc3ncccc3n2)c1F. The van der Waals surface area contributed by atoms with Crippen molar-refractivity contribution in [1.29, 1.82) is 0 Å². The highest BCUT2D eigenvalue weighted by atomic mass is 19.1. The number of hydrogen-bond acceptors (Lipinski definition) is 4. The molecule has 30 heavy (non-hydrogen) atoms. The molecule has 156 valence electrons. The number of benzene rings is 1. The van der Waals surface area contributed by atoms with E-state index in [1.54, 1.807) is 48.7 Å². The van der Waals surface area contributed by atoms with Gasteiger partial charge in [-0.3, -0.25) is 9.78 Å². The number of allylic oxidation sites excluding steroid dienone is 2. The number of nitrogens with zero attached hydrogens (tertiary/aromatic N) is 2. The van der Waals surface area contributed by atoms with Crippen molar-refractivity contribution < 1.29 is 13.9 Å². The Hall–Kier alpha value is -3.28. The molecule has 1 N–H and O–H groups in total. The van der Waals surface area contributed by atoms with E-state index >= 15 is 0 Å². The maximum Gasteiger partial charge on any atom is 0.270 e. The van der Waals surface area contributed by atoms with Gasteiger partial charge in [0.1, 0.15) is 5.69 Å². The minimum atomic E-state index is -0.442. The van der Waals surface area contributed by atoms with Crippen molar-refractivity contribution in [3.8, 4) is 5.75 Å². The predicted octanol–water partition coefficient (Wildman–Crippen LogP) is 5.21. The Morgan fingerprint density at radius 2 is 2.00 bits per heavy atom. The zero-order valence-electron chi connectivity index (χ0n) is 17.1. The van der Waals surface area contributed by atoms with Crippen LogP contribution in [0, 0.1) is 5.82 Å². The van der Waals surface area contributed by atoms with Crippen LogP contribution < -0.4 is 10.1 Å². The summed E-state index contributed by atoms with van der Waals surface area (Å²) in [5.41, 5.74) is 1.99. The monoisotopic (exact) mass is 407 g/mol. The normalized spacial score (nSPS) is 11.1. The van der Waals surface area contributed by atoms with Crippen molar-refractivity contribution in [2.45, 2.75) is 39.2 Å². The molecular formula is C24H26FN3O2. The second-order valence-electron chi connectivity index (χ2n) is 6.92. The van der Waals surface area contributed by atoms with E-state index in [1.165, 1.54) is 0 Å². The van der Waals surface area contributed by atoms with E-state index in [1.807, 2.05) is 13.0 Å². The third-order valence-electron chi connectivity index (χ3n) is 4.68. The minimum Gasteiger partial charge on any atom is -0.491 e. The standard InChI is InChI=1S/C24H26FN3O2/c1-2-3-4-5-6-7-16-30-22-12-8-10-18(23(22)25)17-27-24(29)21-14-13-19-20(28-21)11-9-15-26-19/h2-3,8-15H,4-7,16-17H2,1H3,(H,27,29). The second-order valence-corrected chi connectivity index (χ2v) is 6.92. The smallest absolute Gasteiger partial charge is 0.270 e. The molecule has 1 aromatic carbocycles. The fraction of sp³-hybridized carbons (Fsp3) is 0.292. The lowest BCUT2D eigenvalue weighted by Gasteiger charge is -2.11. The van der Waals surface area contributed by atoms with Gasteiger partial charge >= 0.3 is 0 Å². The summed E-state index contributed by atoms with van der Waals surface area (Å²) in [4.78, 5) is 20.9. The van der Waals surface area contributed by atoms with Crippen molar-refractivity contribution >= 4 is 16.9 Å². The number of halogens is 1. The summed E-state index contributed by atoms with van der Waals surface area (Å²) in [5.74, 6) is -0.597. The Balaban J connectivity index is 1.53. The molecule has 6 heteroatoms. The van der Waals surface area contributed by atoms with Crippen molar-refractivity contribution in [2.24, 2.45) is 0 Å². The highest BCUT2D eigenvalue weighted by molar-refractivity contribution is 5.94. The van der Waals surface area contributed by atoms with Crippen molar-refractivity contribution in [2.75, 3.05) is 6.61 Å². The minimum absolute atomic E-state index is 0.0535. The van der Waals surface area contributed by atoms with Gasteiger partial charge in [0.25, 0.3) is 5.91 Å². The van der Waals surface area contributed by atoms with E-state index < -0.39 is 5.82 Å². The number of unbranched alkanes of at least 4 members (excludes halogenated alkanes) is 3. The van der Waals surface area contributed by atoms with E-state index in [0.717, 1.165) is 25.7 Å². The number of amides is 1. The lowest BCUT2D eigenvalue weighted by molar-refractivity contribution is 0.0946. The van der Waals surface area contributed by atoms with Gasteiger partial charge in [-0.15, -0.1) is 0 Å². The number of carbonyl (C=O) groups is 1. The average Bonchev–Trinajstić information content (AvgIpc) is 2.78. The lowest BCUT2D eigenvalue weighted by Crippen LogP contribution is -2.24. The molecule has 0 aliphatic rings. The van der Waals surface area contributed by atoms with Gasteiger partial charge < -0.3 is 10.1 Å². The van der Waals surface area contributed by atoms with Crippen LogP contribution in [-0.2, 0) is 6.54 Å². The maximum atomic E-state index is 14.7. The van der Waals surface area contributed by atoms with Gasteiger partial charge in [0, 0.05) is 18.3 Å². The Labute approximate surface area is 176 Å². The summed E-state index contributed by atoms with van der Waals surface area (Å²) in [6.45, 7) is 2.53. The molecule has 2 heterocycles. The molecule has 0 saturated carbocycles. The number of aromatic nitrogens is 2. The molecule has 0 unspecified atom stereocenters. The highest BCUT2D eigenvalue weighted by Gasteiger charge is 2.12. The van der Waals surface area contributed by atoms with Crippen molar-refractivity contribution in [3.05, 3.63) is 77.9 Å². The van der Waals surface area contributed by atoms with Crippen LogP contribution in [0.1, 0.15) is 48.7 Å². The van der Waals surface area contributed by atoms with Crippen LogP contribution in [0.15, 0.2) is 60.8 Å². The van der Waals surface area contributed by atoms with E-state index in [0.29, 0.717) is 23.2 Å². The molecule has 2 aromatic heterocycles. The first-order valence-corrected chi connectivity index (χ1v) is 10.2. The number of hydrogen-bond donors (Lipinski definition) is 1. The van der Waals surface area contributed by atoms with Gasteiger partial charge in [0.05, 0.1) is 17.6 Å². The predicted molar refractivity (Wildman–Crippen MR) is 116 cm³/mol. The first-order valence-electron chi connectivity index (χ1n) is 10.2. The highest BCUT2D eigenvalue weighted by Crippen LogP contribution is 2.21. The largest absolute Gasteiger partial charge is 0.491 e. The van der Waals surface area contributed by atoms with E-state index in [9.17, 15) is 9.18 Å². The number of rotatable bonds is 10. The zero-order valence-corrected chi connectivity index (χ0v) is 17.1. The quantitative estimate of drug-likeness (QED) is 0.370. The molecule has 5 nitrogen and oxygen atoms in total. The number of carbonyl (C=O) groups excluding carboxylic acids is 1. The molecule has 3 rings (SSSR count). The molecule has 0 atom stereocenters. The molecule has 3 aromatic rings. The first-order chi connectivity index (χ1) is 14.7. The Morgan fingerprint density at radius 1 is 1.10 bits per heavy atom. The van der Waals surface area contributed by atoms with Crippen LogP contribution in [-0.4, -0.2) is 22.5 Å². The van der Waals surface area contributed by atoms with Crippen molar-refractivity contribution in [1.82, 2.24) is 15.3 Å². The van der Waals surface area contributed by atoms with Crippen LogP contribution in [0.3, 0.4) is 0 Å². The van der Waals surface area contributed by atoms with Crippen LogP contribution in [0.5, 0.6) is 5.75 Å². The first kappa shape index (κ1) is 21.4. The zero-order chi connectivity index (χ0) is 21.2. The van der Waals surface area contributed by atoms with Gasteiger partial charge in [0.15, 0.2) is 11.6 Å². The summed E-state index contributed by atoms with van der Waals surface area (Å²) in [5, 5.41) is 2.72. The average molecular weight is 407 g/mol. The third kappa shape index (κ3) is 5.86. The molecule has 0 radical (unpaired) electrons. The molecule has 0 saturated heterocycles. The summed E-state index contributed by atoms with van der Waals surface area (Å²) < 4.78 is 20.3. The Morgan fingerprint density at radius 3 is 2.87 bits per heavy atom. The van der Waals surface area contributed by atoms with Crippen LogP contribution in [0.4, 0.5) is 4.39 Å².